The van der Waals surface area contributed by atoms with Gasteiger partial charge in [0.1, 0.15) is 0 Å². The van der Waals surface area contributed by atoms with Crippen LogP contribution in [-0.2, 0) is 6.54 Å². The lowest BCUT2D eigenvalue weighted by molar-refractivity contribution is -0.384. The van der Waals surface area contributed by atoms with Crippen LogP contribution < -0.4 is 5.73 Å². The maximum Gasteiger partial charge on any atom is 0.269 e. The number of hydrogen-bond donors (Lipinski definition) is 1. The van der Waals surface area contributed by atoms with Gasteiger partial charge in [-0.25, -0.2) is 4.98 Å². The Morgan fingerprint density at radius 3 is 2.57 bits per heavy atom. The normalized spacial score (nSPS) is 10.9. The molecule has 0 saturated carbocycles. The van der Waals surface area contributed by atoms with E-state index < -0.39 is 0 Å². The fraction of sp³-hybridized carbons (Fsp3) is 0.188. The number of nitrogen functional groups attached to an aromatic ring is 1. The first kappa shape index (κ1) is 15.2. The molecule has 0 radical (unpaired) electrons. The number of non-ortho nitro benzene ring substituents is 1. The molecule has 7 heteroatoms. The summed E-state index contributed by atoms with van der Waals surface area (Å²) in [5, 5.41) is 13.2. The highest BCUT2D eigenvalue weighted by Gasteiger charge is 2.14. The summed E-state index contributed by atoms with van der Waals surface area (Å²) < 4.78 is 2.17. The lowest BCUT2D eigenvalue weighted by atomic mass is 10.2. The van der Waals surface area contributed by atoms with E-state index in [2.05, 4.69) is 15.6 Å². The number of nitrogens with two attached hydrogens (primary N) is 1. The maximum atomic E-state index is 10.7. The molecule has 3 aromatic rings. The van der Waals surface area contributed by atoms with E-state index in [4.69, 9.17) is 5.73 Å². The molecule has 6 nitrogen and oxygen atoms in total. The van der Waals surface area contributed by atoms with Gasteiger partial charge in [0.2, 0.25) is 0 Å². The van der Waals surface area contributed by atoms with Crippen molar-refractivity contribution in [3.8, 4) is 11.3 Å². The summed E-state index contributed by atoms with van der Waals surface area (Å²) in [6.07, 6.45) is 0. The van der Waals surface area contributed by atoms with Crippen molar-refractivity contribution in [1.82, 2.24) is 9.55 Å². The largest absolute Gasteiger partial charge is 0.375 e. The SMILES string of the molecule is Cc1cc(-c2csc(N)n2)c(C)n1Cc1ccc([N+](=O)[O-])cc1. The predicted octanol–water partition coefficient (Wildman–Crippen LogP) is 3.77. The van der Waals surface area contributed by atoms with Crippen LogP contribution in [0.2, 0.25) is 0 Å². The van der Waals surface area contributed by atoms with E-state index in [1.807, 2.05) is 19.2 Å². The standard InChI is InChI=1S/C16H16N4O2S/c1-10-7-14(15-9-23-16(17)18-15)11(2)19(10)8-12-3-5-13(6-4-12)20(21)22/h3-7,9H,8H2,1-2H3,(H2,17,18). The summed E-state index contributed by atoms with van der Waals surface area (Å²) in [6, 6.07) is 8.74. The summed E-state index contributed by atoms with van der Waals surface area (Å²) in [5.74, 6) is 0. The summed E-state index contributed by atoms with van der Waals surface area (Å²) >= 11 is 1.42. The van der Waals surface area contributed by atoms with Crippen molar-refractivity contribution in [2.75, 3.05) is 5.73 Å². The topological polar surface area (TPSA) is 87.0 Å². The molecule has 0 aliphatic rings. The average molecular weight is 328 g/mol. The lowest BCUT2D eigenvalue weighted by Crippen LogP contribution is -2.04. The fourth-order valence-electron chi connectivity index (χ4n) is 2.62. The zero-order valence-corrected chi connectivity index (χ0v) is 13.6. The lowest BCUT2D eigenvalue weighted by Gasteiger charge is -2.09. The monoisotopic (exact) mass is 328 g/mol. The molecule has 23 heavy (non-hydrogen) atoms. The number of nitrogens with zero attached hydrogens (tertiary/aromatic N) is 3. The number of anilines is 1. The van der Waals surface area contributed by atoms with E-state index in [-0.39, 0.29) is 10.6 Å². The zero-order valence-electron chi connectivity index (χ0n) is 12.8. The first-order valence-electron chi connectivity index (χ1n) is 7.07. The number of benzene rings is 1. The van der Waals surface area contributed by atoms with Gasteiger partial charge in [-0.15, -0.1) is 11.3 Å². The number of hydrogen-bond acceptors (Lipinski definition) is 5. The molecule has 2 N–H and O–H groups in total. The summed E-state index contributed by atoms with van der Waals surface area (Å²) in [4.78, 5) is 14.7. The first-order chi connectivity index (χ1) is 11.0. The Balaban J connectivity index is 1.91. The molecular formula is C16H16N4O2S. The molecule has 118 valence electrons. The van der Waals surface area contributed by atoms with Crippen molar-refractivity contribution >= 4 is 22.2 Å². The number of nitro benzene ring substituents is 1. The van der Waals surface area contributed by atoms with Crippen LogP contribution in [0.15, 0.2) is 35.7 Å². The maximum absolute atomic E-state index is 10.7. The Morgan fingerprint density at radius 2 is 2.00 bits per heavy atom. The first-order valence-corrected chi connectivity index (χ1v) is 7.95. The molecule has 2 aromatic heterocycles. The third kappa shape index (κ3) is 2.95. The summed E-state index contributed by atoms with van der Waals surface area (Å²) in [5.41, 5.74) is 11.0. The van der Waals surface area contributed by atoms with E-state index in [0.717, 1.165) is 28.2 Å². The molecule has 0 saturated heterocycles. The zero-order chi connectivity index (χ0) is 16.6. The van der Waals surface area contributed by atoms with Crippen molar-refractivity contribution in [2.24, 2.45) is 0 Å². The van der Waals surface area contributed by atoms with Crippen molar-refractivity contribution in [1.29, 1.82) is 0 Å². The van der Waals surface area contributed by atoms with Crippen LogP contribution in [0.3, 0.4) is 0 Å². The molecule has 0 spiro atoms. The van der Waals surface area contributed by atoms with Crippen LogP contribution in [0, 0.1) is 24.0 Å². The van der Waals surface area contributed by atoms with Gasteiger partial charge in [-0.3, -0.25) is 10.1 Å². The van der Waals surface area contributed by atoms with Crippen molar-refractivity contribution < 1.29 is 4.92 Å². The van der Waals surface area contributed by atoms with Crippen LogP contribution in [0.25, 0.3) is 11.3 Å². The van der Waals surface area contributed by atoms with Gasteiger partial charge in [0, 0.05) is 41.0 Å². The number of thiazole rings is 1. The third-order valence-electron chi connectivity index (χ3n) is 3.86. The van der Waals surface area contributed by atoms with Gasteiger partial charge in [0.05, 0.1) is 10.6 Å². The predicted molar refractivity (Wildman–Crippen MR) is 91.6 cm³/mol. The Labute approximate surface area is 137 Å². The van der Waals surface area contributed by atoms with Gasteiger partial charge in [0.15, 0.2) is 5.13 Å². The highest BCUT2D eigenvalue weighted by atomic mass is 32.1. The third-order valence-corrected chi connectivity index (χ3v) is 4.53. The Hall–Kier alpha value is -2.67. The smallest absolute Gasteiger partial charge is 0.269 e. The molecule has 0 amide bonds. The molecule has 1 aromatic carbocycles. The number of rotatable bonds is 4. The molecule has 0 aliphatic heterocycles. The summed E-state index contributed by atoms with van der Waals surface area (Å²) in [7, 11) is 0. The van der Waals surface area contributed by atoms with E-state index in [0.29, 0.717) is 11.7 Å². The van der Waals surface area contributed by atoms with Gasteiger partial charge in [-0.2, -0.15) is 0 Å². The van der Waals surface area contributed by atoms with Crippen molar-refractivity contribution in [2.45, 2.75) is 20.4 Å². The van der Waals surface area contributed by atoms with E-state index in [1.54, 1.807) is 12.1 Å². The molecule has 0 aliphatic carbocycles. The van der Waals surface area contributed by atoms with Gasteiger partial charge in [-0.1, -0.05) is 12.1 Å². The Kier molecular flexibility index (Phi) is 3.87. The second-order valence-corrected chi connectivity index (χ2v) is 6.26. The quantitative estimate of drug-likeness (QED) is 0.583. The second-order valence-electron chi connectivity index (χ2n) is 5.37. The minimum atomic E-state index is -0.388. The van der Waals surface area contributed by atoms with Crippen molar-refractivity contribution in [3.63, 3.8) is 0 Å². The highest BCUT2D eigenvalue weighted by Crippen LogP contribution is 2.29. The number of aryl methyl sites for hydroxylation is 1. The molecule has 0 fully saturated rings. The fourth-order valence-corrected chi connectivity index (χ4v) is 3.18. The summed E-state index contributed by atoms with van der Waals surface area (Å²) in [6.45, 7) is 4.75. The molecule has 0 atom stereocenters. The number of aromatic nitrogens is 2. The minimum Gasteiger partial charge on any atom is -0.375 e. The van der Waals surface area contributed by atoms with Crippen LogP contribution in [0.1, 0.15) is 17.0 Å². The molecule has 3 rings (SSSR count). The van der Waals surface area contributed by atoms with Gasteiger partial charge >= 0.3 is 0 Å². The van der Waals surface area contributed by atoms with Gasteiger partial charge in [0.25, 0.3) is 5.69 Å². The Morgan fingerprint density at radius 1 is 1.30 bits per heavy atom. The van der Waals surface area contributed by atoms with E-state index >= 15 is 0 Å². The molecule has 0 bridgehead atoms. The highest BCUT2D eigenvalue weighted by molar-refractivity contribution is 7.13. The van der Waals surface area contributed by atoms with Crippen molar-refractivity contribution in [3.05, 3.63) is 62.8 Å². The number of nitro groups is 1. The average Bonchev–Trinajstić information content (AvgIpc) is 3.06. The van der Waals surface area contributed by atoms with Crippen LogP contribution >= 0.6 is 11.3 Å². The van der Waals surface area contributed by atoms with Crippen LogP contribution in [0.4, 0.5) is 10.8 Å². The Bertz CT molecular complexity index is 865. The van der Waals surface area contributed by atoms with Gasteiger partial charge < -0.3 is 10.3 Å². The van der Waals surface area contributed by atoms with Gasteiger partial charge in [-0.05, 0) is 25.5 Å². The van der Waals surface area contributed by atoms with Crippen LogP contribution in [0.5, 0.6) is 0 Å². The van der Waals surface area contributed by atoms with Crippen LogP contribution in [-0.4, -0.2) is 14.5 Å². The second kappa shape index (κ2) is 5.85. The minimum absolute atomic E-state index is 0.105. The van der Waals surface area contributed by atoms with E-state index in [9.17, 15) is 10.1 Å². The molecule has 2 heterocycles. The molecular weight excluding hydrogens is 312 g/mol. The molecule has 0 unspecified atom stereocenters. The van der Waals surface area contributed by atoms with E-state index in [1.165, 1.54) is 23.5 Å².